The molecule has 4 nitrogen and oxygen atoms in total. The number of aromatic nitrogens is 3. The zero-order valence-electron chi connectivity index (χ0n) is 15.6. The number of aryl methyl sites for hydroxylation is 1. The molecule has 0 unspecified atom stereocenters. The van der Waals surface area contributed by atoms with Gasteiger partial charge < -0.3 is 4.74 Å². The van der Waals surface area contributed by atoms with Gasteiger partial charge in [-0.3, -0.25) is 0 Å². The molecule has 0 saturated carbocycles. The predicted molar refractivity (Wildman–Crippen MR) is 105 cm³/mol. The molecule has 0 fully saturated rings. The van der Waals surface area contributed by atoms with Crippen LogP contribution in [0.1, 0.15) is 23.2 Å². The van der Waals surface area contributed by atoms with Crippen molar-refractivity contribution < 1.29 is 13.5 Å². The number of benzene rings is 2. The van der Waals surface area contributed by atoms with Gasteiger partial charge in [0.05, 0.1) is 30.4 Å². The van der Waals surface area contributed by atoms with Crippen molar-refractivity contribution in [1.29, 1.82) is 0 Å². The van der Waals surface area contributed by atoms with E-state index in [1.54, 1.807) is 30.8 Å². The highest BCUT2D eigenvalue weighted by molar-refractivity contribution is 5.85. The van der Waals surface area contributed by atoms with Crippen LogP contribution < -0.4 is 4.74 Å². The predicted octanol–water partition coefficient (Wildman–Crippen LogP) is 5.40. The Kier molecular flexibility index (Phi) is 4.77. The number of alkyl halides is 2. The number of pyridine rings is 1. The van der Waals surface area contributed by atoms with Crippen molar-refractivity contribution in [2.24, 2.45) is 0 Å². The molecule has 28 heavy (non-hydrogen) atoms. The molecule has 0 saturated heterocycles. The maximum absolute atomic E-state index is 13.9. The van der Waals surface area contributed by atoms with Gasteiger partial charge in [-0.1, -0.05) is 42.5 Å². The Morgan fingerprint density at radius 1 is 1.04 bits per heavy atom. The van der Waals surface area contributed by atoms with Crippen LogP contribution in [0.2, 0.25) is 0 Å². The molecule has 0 aliphatic rings. The lowest BCUT2D eigenvalue weighted by molar-refractivity contribution is 0.153. The summed E-state index contributed by atoms with van der Waals surface area (Å²) in [6.45, 7) is 2.20. The first-order valence-corrected chi connectivity index (χ1v) is 8.91. The van der Waals surface area contributed by atoms with E-state index in [1.807, 2.05) is 42.5 Å². The lowest BCUT2D eigenvalue weighted by Gasteiger charge is -2.10. The topological polar surface area (TPSA) is 39.9 Å². The van der Waals surface area contributed by atoms with Crippen molar-refractivity contribution in [3.05, 3.63) is 77.5 Å². The van der Waals surface area contributed by atoms with Gasteiger partial charge in [-0.2, -0.15) is 5.10 Å². The van der Waals surface area contributed by atoms with Gasteiger partial charge in [-0.25, -0.2) is 18.4 Å². The molecule has 4 aromatic rings. The zero-order chi connectivity index (χ0) is 19.7. The second kappa shape index (κ2) is 7.38. The number of methoxy groups -OCH3 is 1. The van der Waals surface area contributed by atoms with Crippen molar-refractivity contribution in [2.45, 2.75) is 19.9 Å². The molecule has 0 aliphatic carbocycles. The molecule has 0 radical (unpaired) electrons. The van der Waals surface area contributed by atoms with Crippen LogP contribution in [-0.4, -0.2) is 21.9 Å². The lowest BCUT2D eigenvalue weighted by Crippen LogP contribution is -2.03. The Bertz CT molecular complexity index is 1120. The average Bonchev–Trinajstić information content (AvgIpc) is 3.03. The molecular formula is C22H19F2N3O. The number of nitrogens with zero attached hydrogens (tertiary/aromatic N) is 3. The molecular weight excluding hydrogens is 360 g/mol. The van der Waals surface area contributed by atoms with Crippen LogP contribution in [0.4, 0.5) is 8.78 Å². The van der Waals surface area contributed by atoms with E-state index in [9.17, 15) is 8.78 Å². The minimum Gasteiger partial charge on any atom is -0.497 e. The van der Waals surface area contributed by atoms with Gasteiger partial charge in [0.25, 0.3) is 6.43 Å². The molecule has 2 heterocycles. The second-order valence-corrected chi connectivity index (χ2v) is 6.56. The van der Waals surface area contributed by atoms with E-state index < -0.39 is 6.43 Å². The molecule has 142 valence electrons. The van der Waals surface area contributed by atoms with Crippen LogP contribution in [0.5, 0.6) is 5.75 Å². The molecule has 0 bridgehead atoms. The Balaban J connectivity index is 1.91. The molecule has 6 heteroatoms. The van der Waals surface area contributed by atoms with Crippen LogP contribution in [-0.2, 0) is 6.54 Å². The van der Waals surface area contributed by atoms with Gasteiger partial charge >= 0.3 is 0 Å². The fraction of sp³-hybridized carbons (Fsp3) is 0.182. The van der Waals surface area contributed by atoms with E-state index in [4.69, 9.17) is 9.72 Å². The summed E-state index contributed by atoms with van der Waals surface area (Å²) >= 11 is 0. The maximum atomic E-state index is 13.9. The van der Waals surface area contributed by atoms with Gasteiger partial charge in [0.15, 0.2) is 5.65 Å². The molecule has 0 N–H and O–H groups in total. The summed E-state index contributed by atoms with van der Waals surface area (Å²) in [5, 5.41) is 4.91. The van der Waals surface area contributed by atoms with Gasteiger partial charge in [-0.05, 0) is 30.7 Å². The standard InChI is InChI=1S/C22H19F2N3O/c1-14-20-18(21(23)24)12-19(16-9-6-10-17(11-16)28-2)25-22(20)27(26-14)13-15-7-4-3-5-8-15/h3-12,21H,13H2,1-2H3. The van der Waals surface area contributed by atoms with E-state index >= 15 is 0 Å². The summed E-state index contributed by atoms with van der Waals surface area (Å²) in [4.78, 5) is 4.69. The Morgan fingerprint density at radius 2 is 1.82 bits per heavy atom. The van der Waals surface area contributed by atoms with Gasteiger partial charge in [0, 0.05) is 11.1 Å². The van der Waals surface area contributed by atoms with Gasteiger partial charge in [0.2, 0.25) is 0 Å². The van der Waals surface area contributed by atoms with Crippen molar-refractivity contribution >= 4 is 11.0 Å². The molecule has 0 aliphatic heterocycles. The summed E-state index contributed by atoms with van der Waals surface area (Å²) in [5.74, 6) is 0.645. The first-order chi connectivity index (χ1) is 13.6. The molecule has 2 aromatic heterocycles. The summed E-state index contributed by atoms with van der Waals surface area (Å²) in [6, 6.07) is 18.4. The smallest absolute Gasteiger partial charge is 0.264 e. The number of ether oxygens (including phenoxy) is 1. The van der Waals surface area contributed by atoms with E-state index in [-0.39, 0.29) is 5.56 Å². The van der Waals surface area contributed by atoms with E-state index in [0.29, 0.717) is 40.3 Å². The first kappa shape index (κ1) is 18.1. The maximum Gasteiger partial charge on any atom is 0.264 e. The monoisotopic (exact) mass is 379 g/mol. The number of hydrogen-bond donors (Lipinski definition) is 0. The first-order valence-electron chi connectivity index (χ1n) is 8.91. The quantitative estimate of drug-likeness (QED) is 0.466. The number of fused-ring (bicyclic) bond motifs is 1. The number of hydrogen-bond acceptors (Lipinski definition) is 3. The third kappa shape index (κ3) is 3.33. The van der Waals surface area contributed by atoms with Gasteiger partial charge in [-0.15, -0.1) is 0 Å². The van der Waals surface area contributed by atoms with Crippen LogP contribution in [0.3, 0.4) is 0 Å². The third-order valence-electron chi connectivity index (χ3n) is 4.68. The molecule has 2 aromatic carbocycles. The summed E-state index contributed by atoms with van der Waals surface area (Å²) in [7, 11) is 1.57. The largest absolute Gasteiger partial charge is 0.497 e. The summed E-state index contributed by atoms with van der Waals surface area (Å²) < 4.78 is 34.7. The average molecular weight is 379 g/mol. The third-order valence-corrected chi connectivity index (χ3v) is 4.68. The van der Waals surface area contributed by atoms with Crippen LogP contribution >= 0.6 is 0 Å². The van der Waals surface area contributed by atoms with Crippen molar-refractivity contribution in [3.63, 3.8) is 0 Å². The van der Waals surface area contributed by atoms with E-state index in [2.05, 4.69) is 5.10 Å². The molecule has 0 spiro atoms. The Labute approximate surface area is 161 Å². The highest BCUT2D eigenvalue weighted by Crippen LogP contribution is 2.34. The number of rotatable bonds is 5. The highest BCUT2D eigenvalue weighted by Gasteiger charge is 2.21. The van der Waals surface area contributed by atoms with Crippen LogP contribution in [0, 0.1) is 6.92 Å². The normalized spacial score (nSPS) is 11.3. The minimum atomic E-state index is -2.62. The zero-order valence-corrected chi connectivity index (χ0v) is 15.6. The summed E-state index contributed by atoms with van der Waals surface area (Å²) in [6.07, 6.45) is -2.62. The fourth-order valence-electron chi connectivity index (χ4n) is 3.36. The lowest BCUT2D eigenvalue weighted by atomic mass is 10.1. The van der Waals surface area contributed by atoms with Gasteiger partial charge in [0.1, 0.15) is 5.75 Å². The minimum absolute atomic E-state index is 0.0559. The van der Waals surface area contributed by atoms with Crippen molar-refractivity contribution in [2.75, 3.05) is 7.11 Å². The second-order valence-electron chi connectivity index (χ2n) is 6.56. The van der Waals surface area contributed by atoms with E-state index in [0.717, 1.165) is 5.56 Å². The van der Waals surface area contributed by atoms with E-state index in [1.165, 1.54) is 6.07 Å². The number of halogens is 2. The van der Waals surface area contributed by atoms with Crippen LogP contribution in [0.15, 0.2) is 60.7 Å². The van der Waals surface area contributed by atoms with Crippen LogP contribution in [0.25, 0.3) is 22.3 Å². The Morgan fingerprint density at radius 3 is 2.54 bits per heavy atom. The van der Waals surface area contributed by atoms with Crippen molar-refractivity contribution in [3.8, 4) is 17.0 Å². The Hall–Kier alpha value is -3.28. The van der Waals surface area contributed by atoms with Crippen molar-refractivity contribution in [1.82, 2.24) is 14.8 Å². The molecule has 0 amide bonds. The SMILES string of the molecule is COc1cccc(-c2cc(C(F)F)c3c(C)nn(Cc4ccccc4)c3n2)c1. The highest BCUT2D eigenvalue weighted by atomic mass is 19.3. The fourth-order valence-corrected chi connectivity index (χ4v) is 3.36. The summed E-state index contributed by atoms with van der Waals surface area (Å²) in [5.41, 5.74) is 3.16. The molecule has 4 rings (SSSR count). The molecule has 0 atom stereocenters.